The van der Waals surface area contributed by atoms with Crippen LogP contribution in [0.25, 0.3) is 17.3 Å². The van der Waals surface area contributed by atoms with Gasteiger partial charge in [-0.15, -0.1) is 0 Å². The number of hydrogen-bond donors (Lipinski definition) is 0. The van der Waals surface area contributed by atoms with Crippen LogP contribution >= 0.6 is 0 Å². The third kappa shape index (κ3) is 7.54. The van der Waals surface area contributed by atoms with Crippen molar-refractivity contribution in [2.24, 2.45) is 7.05 Å². The molecule has 0 aliphatic carbocycles. The molecule has 3 heterocycles. The molecule has 48 heavy (non-hydrogen) atoms. The first-order valence-corrected chi connectivity index (χ1v) is 15.6. The summed E-state index contributed by atoms with van der Waals surface area (Å²) in [5, 5.41) is 4.29. The molecule has 0 spiro atoms. The number of alkyl halides is 3. The Morgan fingerprint density at radius 1 is 0.896 bits per heavy atom. The summed E-state index contributed by atoms with van der Waals surface area (Å²) < 4.78 is 41.1. The third-order valence-corrected chi connectivity index (χ3v) is 8.64. The normalized spacial score (nSPS) is 13.7. The smallest absolute Gasteiger partial charge is 0.336 e. The van der Waals surface area contributed by atoms with Crippen molar-refractivity contribution < 1.29 is 22.8 Å². The number of fused-ring (bicyclic) bond motifs is 1. The Bertz CT molecular complexity index is 1900. The van der Waals surface area contributed by atoms with Crippen LogP contribution in [-0.2, 0) is 48.7 Å². The maximum Gasteiger partial charge on any atom is 0.416 e. The van der Waals surface area contributed by atoms with Gasteiger partial charge in [-0.25, -0.2) is 0 Å². The SMILES string of the molecule is Cn1nccc1CC(C(=O)N1CCc2ccccc2C1)N(Cc1ccc(-c2ccccn2)cc1)C(=O)/C=C/c1ccc(C(F)(F)F)cc1. The van der Waals surface area contributed by atoms with Crippen LogP contribution in [0.2, 0.25) is 0 Å². The molecule has 6 rings (SSSR count). The number of amides is 2. The van der Waals surface area contributed by atoms with Gasteiger partial charge in [-0.1, -0.05) is 66.7 Å². The topological polar surface area (TPSA) is 71.3 Å². The molecule has 7 nitrogen and oxygen atoms in total. The molecular weight excluding hydrogens is 615 g/mol. The van der Waals surface area contributed by atoms with E-state index in [4.69, 9.17) is 0 Å². The van der Waals surface area contributed by atoms with Crippen LogP contribution in [-0.4, -0.2) is 49.0 Å². The number of nitrogens with zero attached hydrogens (tertiary/aromatic N) is 5. The summed E-state index contributed by atoms with van der Waals surface area (Å²) in [6.45, 7) is 1.07. The average Bonchev–Trinajstić information content (AvgIpc) is 3.52. The first kappa shape index (κ1) is 32.4. The van der Waals surface area contributed by atoms with Crippen molar-refractivity contribution in [2.45, 2.75) is 38.1 Å². The number of halogens is 3. The molecule has 10 heteroatoms. The number of pyridine rings is 1. The number of carbonyl (C=O) groups excluding carboxylic acids is 2. The Morgan fingerprint density at radius 3 is 2.29 bits per heavy atom. The highest BCUT2D eigenvalue weighted by atomic mass is 19.4. The standard InChI is InChI=1S/C38H34F3N5O2/c1-44-33(19-22-43-44)24-35(37(48)45-23-20-29-6-2-3-7-31(29)26-45)46(25-28-9-14-30(15-10-28)34-8-4-5-21-42-34)36(47)18-13-27-11-16-32(17-12-27)38(39,40)41/h2-19,21-22,35H,20,23-26H2,1H3/b18-13+. The van der Waals surface area contributed by atoms with E-state index < -0.39 is 23.7 Å². The van der Waals surface area contributed by atoms with Crippen molar-refractivity contribution in [2.75, 3.05) is 6.54 Å². The molecular formula is C38H34F3N5O2. The molecule has 0 fully saturated rings. The zero-order chi connectivity index (χ0) is 33.7. The molecule has 0 saturated carbocycles. The molecule has 2 amide bonds. The van der Waals surface area contributed by atoms with Crippen molar-refractivity contribution in [3.63, 3.8) is 0 Å². The molecule has 0 bridgehead atoms. The van der Waals surface area contributed by atoms with E-state index in [-0.39, 0.29) is 18.9 Å². The summed E-state index contributed by atoms with van der Waals surface area (Å²) in [5.74, 6) is -0.631. The van der Waals surface area contributed by atoms with Crippen LogP contribution < -0.4 is 0 Å². The molecule has 1 unspecified atom stereocenters. The minimum Gasteiger partial charge on any atom is -0.336 e. The van der Waals surface area contributed by atoms with Crippen molar-refractivity contribution >= 4 is 17.9 Å². The molecule has 1 aliphatic heterocycles. The highest BCUT2D eigenvalue weighted by Gasteiger charge is 2.35. The van der Waals surface area contributed by atoms with Gasteiger partial charge in [-0.3, -0.25) is 19.3 Å². The van der Waals surface area contributed by atoms with Gasteiger partial charge in [0.25, 0.3) is 0 Å². The minimum absolute atomic E-state index is 0.122. The first-order chi connectivity index (χ1) is 23.2. The summed E-state index contributed by atoms with van der Waals surface area (Å²) in [5.41, 5.74) is 5.23. The van der Waals surface area contributed by atoms with E-state index in [1.165, 1.54) is 29.8 Å². The van der Waals surface area contributed by atoms with Crippen LogP contribution in [0.15, 0.2) is 116 Å². The van der Waals surface area contributed by atoms with Gasteiger partial charge < -0.3 is 9.80 Å². The van der Waals surface area contributed by atoms with Gasteiger partial charge in [0.15, 0.2) is 0 Å². The van der Waals surface area contributed by atoms with Crippen LogP contribution in [0.5, 0.6) is 0 Å². The van der Waals surface area contributed by atoms with Crippen LogP contribution in [0.1, 0.15) is 33.5 Å². The van der Waals surface area contributed by atoms with E-state index in [0.717, 1.165) is 40.2 Å². The quantitative estimate of drug-likeness (QED) is 0.166. The Labute approximate surface area is 277 Å². The second-order valence-corrected chi connectivity index (χ2v) is 11.8. The molecule has 2 aromatic heterocycles. The summed E-state index contributed by atoms with van der Waals surface area (Å²) >= 11 is 0. The Hall–Kier alpha value is -5.51. The highest BCUT2D eigenvalue weighted by Crippen LogP contribution is 2.29. The fourth-order valence-electron chi connectivity index (χ4n) is 5.92. The van der Waals surface area contributed by atoms with Crippen LogP contribution in [0.4, 0.5) is 13.2 Å². The van der Waals surface area contributed by atoms with Crippen molar-refractivity contribution in [1.29, 1.82) is 0 Å². The maximum absolute atomic E-state index is 14.5. The lowest BCUT2D eigenvalue weighted by Crippen LogP contribution is -2.52. The van der Waals surface area contributed by atoms with E-state index in [1.54, 1.807) is 33.9 Å². The molecule has 0 N–H and O–H groups in total. The van der Waals surface area contributed by atoms with Gasteiger partial charge in [-0.2, -0.15) is 18.3 Å². The maximum atomic E-state index is 14.5. The van der Waals surface area contributed by atoms with Gasteiger partial charge in [-0.05, 0) is 65.1 Å². The fourth-order valence-corrected chi connectivity index (χ4v) is 5.92. The second kappa shape index (κ2) is 14.1. The molecule has 1 aliphatic rings. The number of benzene rings is 3. The van der Waals surface area contributed by atoms with Crippen LogP contribution in [0, 0.1) is 0 Å². The summed E-state index contributed by atoms with van der Waals surface area (Å²) in [6, 6.07) is 26.9. The number of rotatable bonds is 9. The van der Waals surface area contributed by atoms with E-state index >= 15 is 0 Å². The molecule has 1 atom stereocenters. The fraction of sp³-hybridized carbons (Fsp3) is 0.211. The summed E-state index contributed by atoms with van der Waals surface area (Å²) in [7, 11) is 1.79. The number of hydrogen-bond acceptors (Lipinski definition) is 4. The molecule has 244 valence electrons. The molecule has 0 radical (unpaired) electrons. The Kier molecular flexibility index (Phi) is 9.52. The van der Waals surface area contributed by atoms with Crippen molar-refractivity contribution in [3.8, 4) is 11.3 Å². The van der Waals surface area contributed by atoms with E-state index in [2.05, 4.69) is 16.1 Å². The van der Waals surface area contributed by atoms with Crippen LogP contribution in [0.3, 0.4) is 0 Å². The molecule has 5 aromatic rings. The predicted octanol–water partition coefficient (Wildman–Crippen LogP) is 6.74. The van der Waals surface area contributed by atoms with Gasteiger partial charge in [0, 0.05) is 62.8 Å². The predicted molar refractivity (Wildman–Crippen MR) is 177 cm³/mol. The summed E-state index contributed by atoms with van der Waals surface area (Å²) in [4.78, 5) is 36.4. The lowest BCUT2D eigenvalue weighted by atomic mass is 9.98. The zero-order valence-corrected chi connectivity index (χ0v) is 26.3. The highest BCUT2D eigenvalue weighted by molar-refractivity contribution is 5.95. The van der Waals surface area contributed by atoms with Gasteiger partial charge in [0.05, 0.1) is 11.3 Å². The van der Waals surface area contributed by atoms with Crippen molar-refractivity contribution in [1.82, 2.24) is 24.6 Å². The summed E-state index contributed by atoms with van der Waals surface area (Å²) in [6.07, 6.45) is 2.63. The van der Waals surface area contributed by atoms with E-state index in [9.17, 15) is 22.8 Å². The monoisotopic (exact) mass is 649 g/mol. The molecule has 0 saturated heterocycles. The Balaban J connectivity index is 1.34. The molecule has 3 aromatic carbocycles. The van der Waals surface area contributed by atoms with Gasteiger partial charge in [0.2, 0.25) is 11.8 Å². The Morgan fingerprint density at radius 2 is 1.62 bits per heavy atom. The largest absolute Gasteiger partial charge is 0.416 e. The number of carbonyl (C=O) groups is 2. The lowest BCUT2D eigenvalue weighted by molar-refractivity contribution is -0.144. The second-order valence-electron chi connectivity index (χ2n) is 11.8. The number of aromatic nitrogens is 3. The minimum atomic E-state index is -4.46. The van der Waals surface area contributed by atoms with Gasteiger partial charge in [0.1, 0.15) is 6.04 Å². The van der Waals surface area contributed by atoms with E-state index in [1.807, 2.05) is 66.7 Å². The van der Waals surface area contributed by atoms with Crippen molar-refractivity contribution in [3.05, 3.63) is 149 Å². The van der Waals surface area contributed by atoms with E-state index in [0.29, 0.717) is 25.1 Å². The van der Waals surface area contributed by atoms with Gasteiger partial charge >= 0.3 is 6.18 Å². The third-order valence-electron chi connectivity index (χ3n) is 8.64. The lowest BCUT2D eigenvalue weighted by Gasteiger charge is -2.36. The zero-order valence-electron chi connectivity index (χ0n) is 26.3. The average molecular weight is 650 g/mol. The first-order valence-electron chi connectivity index (χ1n) is 15.6. The number of aryl methyl sites for hydroxylation is 1.